The van der Waals surface area contributed by atoms with E-state index in [0.717, 1.165) is 5.75 Å². The predicted octanol–water partition coefficient (Wildman–Crippen LogP) is 3.65. The van der Waals surface area contributed by atoms with Crippen molar-refractivity contribution in [2.24, 2.45) is 0 Å². The molecule has 0 unspecified atom stereocenters. The number of hydrogen-bond donors (Lipinski definition) is 1. The Bertz CT molecular complexity index is 789. The molecule has 2 heterocycles. The molecule has 24 heavy (non-hydrogen) atoms. The minimum absolute atomic E-state index is 0.0974. The fourth-order valence-corrected chi connectivity index (χ4v) is 2.16. The summed E-state index contributed by atoms with van der Waals surface area (Å²) in [4.78, 5) is 12.2. The van der Waals surface area contributed by atoms with Crippen molar-refractivity contribution in [3.05, 3.63) is 60.0 Å². The van der Waals surface area contributed by atoms with Crippen LogP contribution in [0.5, 0.6) is 5.75 Å². The normalized spacial score (nSPS) is 10.8. The van der Waals surface area contributed by atoms with E-state index in [4.69, 9.17) is 13.7 Å². The molecule has 124 valence electrons. The van der Waals surface area contributed by atoms with E-state index in [1.54, 1.807) is 48.7 Å². The SMILES string of the molecule is CC(C)Oc1ccc(C(=O)NCc2cc(-c3ccco3)on2)cc1. The highest BCUT2D eigenvalue weighted by Crippen LogP contribution is 2.20. The summed E-state index contributed by atoms with van der Waals surface area (Å²) in [6.45, 7) is 4.18. The lowest BCUT2D eigenvalue weighted by atomic mass is 10.2. The van der Waals surface area contributed by atoms with E-state index < -0.39 is 0 Å². The third-order valence-corrected chi connectivity index (χ3v) is 3.24. The van der Waals surface area contributed by atoms with Crippen LogP contribution in [0.1, 0.15) is 29.9 Å². The van der Waals surface area contributed by atoms with Crippen LogP contribution in [0.2, 0.25) is 0 Å². The Morgan fingerprint density at radius 2 is 2.00 bits per heavy atom. The van der Waals surface area contributed by atoms with Crippen molar-refractivity contribution in [3.8, 4) is 17.3 Å². The molecule has 6 nitrogen and oxygen atoms in total. The second kappa shape index (κ2) is 7.04. The van der Waals surface area contributed by atoms with E-state index in [2.05, 4.69) is 10.5 Å². The number of carbonyl (C=O) groups is 1. The van der Waals surface area contributed by atoms with Gasteiger partial charge in [0.2, 0.25) is 5.76 Å². The Balaban J connectivity index is 1.57. The number of benzene rings is 1. The van der Waals surface area contributed by atoms with Gasteiger partial charge in [-0.1, -0.05) is 5.16 Å². The molecular formula is C18H18N2O4. The molecule has 3 rings (SSSR count). The molecule has 6 heteroatoms. The highest BCUT2D eigenvalue weighted by molar-refractivity contribution is 5.94. The van der Waals surface area contributed by atoms with Gasteiger partial charge in [-0.15, -0.1) is 0 Å². The molecule has 0 bridgehead atoms. The van der Waals surface area contributed by atoms with Gasteiger partial charge < -0.3 is 19.0 Å². The molecule has 1 aromatic carbocycles. The molecule has 0 saturated carbocycles. The number of hydrogen-bond acceptors (Lipinski definition) is 5. The maximum Gasteiger partial charge on any atom is 0.251 e. The summed E-state index contributed by atoms with van der Waals surface area (Å²) in [5, 5.41) is 6.72. The Morgan fingerprint density at radius 1 is 1.21 bits per heavy atom. The summed E-state index contributed by atoms with van der Waals surface area (Å²) in [6, 6.07) is 12.3. The van der Waals surface area contributed by atoms with Gasteiger partial charge in [-0.05, 0) is 50.2 Å². The zero-order valence-electron chi connectivity index (χ0n) is 13.5. The molecule has 0 fully saturated rings. The molecule has 0 atom stereocenters. The lowest BCUT2D eigenvalue weighted by Gasteiger charge is -2.10. The van der Waals surface area contributed by atoms with E-state index in [1.165, 1.54) is 0 Å². The number of aromatic nitrogens is 1. The van der Waals surface area contributed by atoms with Crippen molar-refractivity contribution in [3.63, 3.8) is 0 Å². The molecule has 1 N–H and O–H groups in total. The van der Waals surface area contributed by atoms with Crippen LogP contribution in [0.25, 0.3) is 11.5 Å². The third kappa shape index (κ3) is 3.84. The van der Waals surface area contributed by atoms with Crippen molar-refractivity contribution in [1.82, 2.24) is 10.5 Å². The van der Waals surface area contributed by atoms with E-state index in [0.29, 0.717) is 22.8 Å². The number of carbonyl (C=O) groups excluding carboxylic acids is 1. The summed E-state index contributed by atoms with van der Waals surface area (Å²) < 4.78 is 16.0. The van der Waals surface area contributed by atoms with Crippen LogP contribution >= 0.6 is 0 Å². The summed E-state index contributed by atoms with van der Waals surface area (Å²) in [6.07, 6.45) is 1.66. The minimum Gasteiger partial charge on any atom is -0.491 e. The van der Waals surface area contributed by atoms with Crippen LogP contribution in [0.15, 0.2) is 57.7 Å². The lowest BCUT2D eigenvalue weighted by molar-refractivity contribution is 0.0950. The second-order valence-corrected chi connectivity index (χ2v) is 5.53. The number of nitrogens with one attached hydrogen (secondary N) is 1. The smallest absolute Gasteiger partial charge is 0.251 e. The van der Waals surface area contributed by atoms with Gasteiger partial charge in [0.25, 0.3) is 5.91 Å². The van der Waals surface area contributed by atoms with Crippen molar-refractivity contribution >= 4 is 5.91 Å². The van der Waals surface area contributed by atoms with Crippen molar-refractivity contribution in [2.45, 2.75) is 26.5 Å². The molecule has 0 aliphatic rings. The molecule has 0 saturated heterocycles. The zero-order valence-corrected chi connectivity index (χ0v) is 13.5. The summed E-state index contributed by atoms with van der Waals surface area (Å²) >= 11 is 0. The van der Waals surface area contributed by atoms with Crippen LogP contribution in [0.3, 0.4) is 0 Å². The molecule has 2 aromatic heterocycles. The average Bonchev–Trinajstić information content (AvgIpc) is 3.24. The van der Waals surface area contributed by atoms with Gasteiger partial charge in [-0.3, -0.25) is 4.79 Å². The van der Waals surface area contributed by atoms with Gasteiger partial charge in [-0.2, -0.15) is 0 Å². The fourth-order valence-electron chi connectivity index (χ4n) is 2.16. The maximum atomic E-state index is 12.2. The van der Waals surface area contributed by atoms with Crippen LogP contribution < -0.4 is 10.1 Å². The van der Waals surface area contributed by atoms with E-state index >= 15 is 0 Å². The van der Waals surface area contributed by atoms with Gasteiger partial charge in [0, 0.05) is 11.6 Å². The van der Waals surface area contributed by atoms with Crippen molar-refractivity contribution < 1.29 is 18.5 Å². The maximum absolute atomic E-state index is 12.2. The monoisotopic (exact) mass is 326 g/mol. The van der Waals surface area contributed by atoms with Gasteiger partial charge >= 0.3 is 0 Å². The molecule has 1 amide bonds. The highest BCUT2D eigenvalue weighted by Gasteiger charge is 2.11. The molecule has 0 spiro atoms. The molecule has 3 aromatic rings. The van der Waals surface area contributed by atoms with Crippen molar-refractivity contribution in [1.29, 1.82) is 0 Å². The number of furan rings is 1. The number of ether oxygens (including phenoxy) is 1. The summed E-state index contributed by atoms with van der Waals surface area (Å²) in [5.74, 6) is 1.68. The first kappa shape index (κ1) is 15.9. The second-order valence-electron chi connectivity index (χ2n) is 5.53. The first-order valence-electron chi connectivity index (χ1n) is 7.66. The summed E-state index contributed by atoms with van der Waals surface area (Å²) in [7, 11) is 0. The molecule has 0 aliphatic carbocycles. The third-order valence-electron chi connectivity index (χ3n) is 3.24. The predicted molar refractivity (Wildman–Crippen MR) is 87.6 cm³/mol. The van der Waals surface area contributed by atoms with Gasteiger partial charge in [0.05, 0.1) is 18.9 Å². The topological polar surface area (TPSA) is 77.5 Å². The van der Waals surface area contributed by atoms with E-state index in [1.807, 2.05) is 13.8 Å². The van der Waals surface area contributed by atoms with Crippen molar-refractivity contribution in [2.75, 3.05) is 0 Å². The first-order chi connectivity index (χ1) is 11.6. The van der Waals surface area contributed by atoms with E-state index in [9.17, 15) is 4.79 Å². The Morgan fingerprint density at radius 3 is 2.67 bits per heavy atom. The number of rotatable bonds is 6. The summed E-state index contributed by atoms with van der Waals surface area (Å²) in [5.41, 5.74) is 1.18. The fraction of sp³-hybridized carbons (Fsp3) is 0.222. The van der Waals surface area contributed by atoms with Crippen LogP contribution in [0, 0.1) is 0 Å². The molecular weight excluding hydrogens is 308 g/mol. The number of nitrogens with zero attached hydrogens (tertiary/aromatic N) is 1. The number of amides is 1. The Kier molecular flexibility index (Phi) is 4.65. The van der Waals surface area contributed by atoms with Crippen LogP contribution in [0.4, 0.5) is 0 Å². The van der Waals surface area contributed by atoms with Gasteiger partial charge in [0.1, 0.15) is 11.4 Å². The lowest BCUT2D eigenvalue weighted by Crippen LogP contribution is -2.22. The Labute approximate surface area is 139 Å². The quantitative estimate of drug-likeness (QED) is 0.748. The zero-order chi connectivity index (χ0) is 16.9. The largest absolute Gasteiger partial charge is 0.491 e. The molecule has 0 radical (unpaired) electrons. The van der Waals surface area contributed by atoms with Gasteiger partial charge in [-0.25, -0.2) is 0 Å². The minimum atomic E-state index is -0.186. The van der Waals surface area contributed by atoms with Crippen LogP contribution in [-0.2, 0) is 6.54 Å². The first-order valence-corrected chi connectivity index (χ1v) is 7.66. The van der Waals surface area contributed by atoms with Crippen LogP contribution in [-0.4, -0.2) is 17.2 Å². The molecule has 0 aliphatic heterocycles. The highest BCUT2D eigenvalue weighted by atomic mass is 16.5. The van der Waals surface area contributed by atoms with E-state index in [-0.39, 0.29) is 18.6 Å². The van der Waals surface area contributed by atoms with Gasteiger partial charge in [0.15, 0.2) is 5.76 Å². The average molecular weight is 326 g/mol. The standard InChI is InChI=1S/C18H18N2O4/c1-12(2)23-15-7-5-13(6-8-15)18(21)19-11-14-10-17(24-20-14)16-4-3-9-22-16/h3-10,12H,11H2,1-2H3,(H,19,21). The Hall–Kier alpha value is -3.02.